The first-order chi connectivity index (χ1) is 48.1. The molecular weight excluding hydrogens is 1310 g/mol. The van der Waals surface area contributed by atoms with Crippen LogP contribution in [-0.4, -0.2) is 96.7 Å². The Bertz CT molecular complexity index is 1950. The Morgan fingerprint density at radius 1 is 0.250 bits per heavy atom. The van der Waals surface area contributed by atoms with Gasteiger partial charge in [-0.1, -0.05) is 364 Å². The SMILES string of the molecule is CC(C)CCCCCCCCCCCCCCCCCCCCC(=O)OC[C@H](COP(=O)(O)OCC(O)COP(=O)(O)OC[C@@H](COC(=O)CCCCCCCCCC(C)C)OC(=O)CCCCCCCCCCC(C)C)OC(=O)CCCCCCCCCCCCCCCCCC(C)C. The molecule has 0 spiro atoms. The average molecular weight is 1470 g/mol. The largest absolute Gasteiger partial charge is 0.472 e. The molecule has 0 aliphatic rings. The van der Waals surface area contributed by atoms with Crippen LogP contribution in [0.2, 0.25) is 0 Å². The number of ether oxygens (including phenoxy) is 4. The van der Waals surface area contributed by atoms with Gasteiger partial charge in [0.1, 0.15) is 19.3 Å². The lowest BCUT2D eigenvalue weighted by Gasteiger charge is -2.21. The van der Waals surface area contributed by atoms with Gasteiger partial charge in [0.15, 0.2) is 12.2 Å². The second kappa shape index (κ2) is 70.1. The minimum atomic E-state index is -4.96. The summed E-state index contributed by atoms with van der Waals surface area (Å²) >= 11 is 0. The van der Waals surface area contributed by atoms with E-state index >= 15 is 0 Å². The van der Waals surface area contributed by atoms with Crippen LogP contribution in [0.5, 0.6) is 0 Å². The van der Waals surface area contributed by atoms with Crippen LogP contribution in [0, 0.1) is 23.7 Å². The summed E-state index contributed by atoms with van der Waals surface area (Å²) in [6.07, 6.45) is 57.2. The summed E-state index contributed by atoms with van der Waals surface area (Å²) in [4.78, 5) is 72.9. The Hall–Kier alpha value is -1.94. The summed E-state index contributed by atoms with van der Waals surface area (Å²) in [5.41, 5.74) is 0. The van der Waals surface area contributed by atoms with Gasteiger partial charge >= 0.3 is 39.5 Å². The number of rotatable bonds is 78. The van der Waals surface area contributed by atoms with Crippen LogP contribution >= 0.6 is 15.6 Å². The van der Waals surface area contributed by atoms with Crippen molar-refractivity contribution < 1.29 is 80.2 Å². The van der Waals surface area contributed by atoms with Crippen molar-refractivity contribution in [1.29, 1.82) is 0 Å². The number of carbonyl (C=O) groups excluding carboxylic acids is 4. The summed E-state index contributed by atoms with van der Waals surface area (Å²) in [7, 11) is -9.92. The molecule has 5 atom stereocenters. The van der Waals surface area contributed by atoms with Gasteiger partial charge in [0.05, 0.1) is 26.4 Å². The van der Waals surface area contributed by atoms with Gasteiger partial charge in [0.25, 0.3) is 0 Å². The van der Waals surface area contributed by atoms with Crippen LogP contribution in [0.4, 0.5) is 0 Å². The minimum absolute atomic E-state index is 0.104. The molecule has 0 aliphatic heterocycles. The van der Waals surface area contributed by atoms with Crippen molar-refractivity contribution in [2.45, 2.75) is 433 Å². The van der Waals surface area contributed by atoms with Crippen LogP contribution in [-0.2, 0) is 65.4 Å². The molecule has 19 heteroatoms. The zero-order valence-electron chi connectivity index (χ0n) is 65.8. The standard InChI is InChI=1S/C81H158O17P2/c1-71(2)57-49-41-33-26-22-18-14-11-9-10-12-16-20-24-28-37-45-53-61-78(83)91-67-76(97-80(85)63-55-47-38-29-25-21-17-13-15-19-23-27-34-42-50-58-72(3)4)69-95-99(87,88)93-65-75(82)66-94-100(89,90)96-70-77(68-92-79(84)62-54-46-40-32-36-44-52-60-74(7)8)98-81(86)64-56-48-39-31-30-35-43-51-59-73(5)6/h71-77,82H,9-70H2,1-8H3,(H,87,88)(H,89,90)/t75?,76-,77-/m1/s1. The first-order valence-electron chi connectivity index (χ1n) is 41.7. The van der Waals surface area contributed by atoms with E-state index in [0.717, 1.165) is 114 Å². The van der Waals surface area contributed by atoms with Gasteiger partial charge in [-0.3, -0.25) is 37.3 Å². The number of aliphatic hydroxyl groups excluding tert-OH is 1. The highest BCUT2D eigenvalue weighted by Gasteiger charge is 2.30. The van der Waals surface area contributed by atoms with Crippen LogP contribution < -0.4 is 0 Å². The molecule has 0 aromatic carbocycles. The van der Waals surface area contributed by atoms with E-state index in [1.165, 1.54) is 212 Å². The Morgan fingerprint density at radius 2 is 0.420 bits per heavy atom. The van der Waals surface area contributed by atoms with E-state index in [1.54, 1.807) is 0 Å². The Kier molecular flexibility index (Phi) is 68.7. The third-order valence-electron chi connectivity index (χ3n) is 18.8. The maximum atomic E-state index is 13.1. The second-order valence-corrected chi connectivity index (χ2v) is 34.0. The van der Waals surface area contributed by atoms with Gasteiger partial charge < -0.3 is 33.8 Å². The predicted molar refractivity (Wildman–Crippen MR) is 409 cm³/mol. The van der Waals surface area contributed by atoms with E-state index in [0.29, 0.717) is 31.6 Å². The smallest absolute Gasteiger partial charge is 0.462 e. The van der Waals surface area contributed by atoms with Gasteiger partial charge in [0, 0.05) is 25.7 Å². The zero-order valence-corrected chi connectivity index (χ0v) is 67.6. The molecule has 0 saturated heterocycles. The lowest BCUT2D eigenvalue weighted by molar-refractivity contribution is -0.161. The topological polar surface area (TPSA) is 237 Å². The van der Waals surface area contributed by atoms with E-state index in [4.69, 9.17) is 37.0 Å². The molecule has 0 radical (unpaired) electrons. The maximum absolute atomic E-state index is 13.1. The van der Waals surface area contributed by atoms with Gasteiger partial charge in [0.2, 0.25) is 0 Å². The highest BCUT2D eigenvalue weighted by Crippen LogP contribution is 2.45. The van der Waals surface area contributed by atoms with Crippen molar-refractivity contribution in [2.75, 3.05) is 39.6 Å². The Labute approximate surface area is 613 Å². The Balaban J connectivity index is 5.20. The van der Waals surface area contributed by atoms with Crippen molar-refractivity contribution in [3.63, 3.8) is 0 Å². The molecule has 0 fully saturated rings. The fraction of sp³-hybridized carbons (Fsp3) is 0.951. The van der Waals surface area contributed by atoms with Gasteiger partial charge in [-0.15, -0.1) is 0 Å². The molecule has 0 rings (SSSR count). The average Bonchev–Trinajstić information content (AvgIpc) is 1.01. The minimum Gasteiger partial charge on any atom is -0.462 e. The molecule has 17 nitrogen and oxygen atoms in total. The normalized spacial score (nSPS) is 14.0. The molecule has 0 amide bonds. The van der Waals surface area contributed by atoms with E-state index < -0.39 is 97.5 Å². The van der Waals surface area contributed by atoms with Gasteiger partial charge in [-0.25, -0.2) is 9.13 Å². The molecule has 0 aliphatic carbocycles. The molecule has 100 heavy (non-hydrogen) atoms. The number of esters is 4. The first-order valence-corrected chi connectivity index (χ1v) is 44.7. The molecule has 3 N–H and O–H groups in total. The molecule has 0 saturated carbocycles. The highest BCUT2D eigenvalue weighted by molar-refractivity contribution is 7.47. The summed E-state index contributed by atoms with van der Waals surface area (Å²) in [5.74, 6) is 0.932. The summed E-state index contributed by atoms with van der Waals surface area (Å²) in [6.45, 7) is 14.2. The highest BCUT2D eigenvalue weighted by atomic mass is 31.2. The number of phosphoric acid groups is 2. The van der Waals surface area contributed by atoms with Crippen molar-refractivity contribution >= 4 is 39.5 Å². The number of hydrogen-bond acceptors (Lipinski definition) is 15. The van der Waals surface area contributed by atoms with E-state index in [-0.39, 0.29) is 25.7 Å². The fourth-order valence-corrected chi connectivity index (χ4v) is 14.0. The number of phosphoric ester groups is 2. The van der Waals surface area contributed by atoms with E-state index in [9.17, 15) is 43.2 Å². The van der Waals surface area contributed by atoms with Crippen molar-refractivity contribution in [3.05, 3.63) is 0 Å². The first kappa shape index (κ1) is 98.1. The van der Waals surface area contributed by atoms with Crippen LogP contribution in [0.25, 0.3) is 0 Å². The van der Waals surface area contributed by atoms with Crippen molar-refractivity contribution in [1.82, 2.24) is 0 Å². The number of unbranched alkanes of at least 4 members (excludes halogenated alkanes) is 44. The summed E-state index contributed by atoms with van der Waals surface area (Å²) in [6, 6.07) is 0. The summed E-state index contributed by atoms with van der Waals surface area (Å²) < 4.78 is 68.6. The molecule has 0 aromatic rings. The molecular formula is C81H158O17P2. The molecule has 0 heterocycles. The van der Waals surface area contributed by atoms with Crippen LogP contribution in [0.3, 0.4) is 0 Å². The quantitative estimate of drug-likeness (QED) is 0.0222. The molecule has 0 aromatic heterocycles. The number of hydrogen-bond donors (Lipinski definition) is 3. The van der Waals surface area contributed by atoms with Gasteiger partial charge in [-0.2, -0.15) is 0 Å². The van der Waals surface area contributed by atoms with Crippen LogP contribution in [0.15, 0.2) is 0 Å². The third-order valence-corrected chi connectivity index (χ3v) is 20.7. The number of aliphatic hydroxyl groups is 1. The summed E-state index contributed by atoms with van der Waals surface area (Å²) in [5, 5.41) is 10.6. The fourth-order valence-electron chi connectivity index (χ4n) is 12.4. The van der Waals surface area contributed by atoms with Crippen LogP contribution in [0.1, 0.15) is 415 Å². The third kappa shape index (κ3) is 74.3. The van der Waals surface area contributed by atoms with E-state index in [1.807, 2.05) is 0 Å². The number of carbonyl (C=O) groups is 4. The zero-order chi connectivity index (χ0) is 73.8. The van der Waals surface area contributed by atoms with Gasteiger partial charge in [-0.05, 0) is 49.4 Å². The predicted octanol–water partition coefficient (Wildman–Crippen LogP) is 24.0. The van der Waals surface area contributed by atoms with E-state index in [2.05, 4.69) is 55.4 Å². The van der Waals surface area contributed by atoms with Crippen molar-refractivity contribution in [2.24, 2.45) is 23.7 Å². The molecule has 594 valence electrons. The molecule has 0 bridgehead atoms. The monoisotopic (exact) mass is 1470 g/mol. The second-order valence-electron chi connectivity index (χ2n) is 31.1. The lowest BCUT2D eigenvalue weighted by atomic mass is 10.0. The maximum Gasteiger partial charge on any atom is 0.472 e. The van der Waals surface area contributed by atoms with Crippen molar-refractivity contribution in [3.8, 4) is 0 Å². The molecule has 3 unspecified atom stereocenters. The lowest BCUT2D eigenvalue weighted by Crippen LogP contribution is -2.30. The Morgan fingerprint density at radius 3 is 0.620 bits per heavy atom.